The lowest BCUT2D eigenvalue weighted by atomic mass is 10.1. The number of benzene rings is 2. The van der Waals surface area contributed by atoms with Gasteiger partial charge >= 0.3 is 0 Å². The molecule has 5 nitrogen and oxygen atoms in total. The molecule has 1 heterocycles. The summed E-state index contributed by atoms with van der Waals surface area (Å²) < 4.78 is 0. The fraction of sp³-hybridized carbons (Fsp3) is 0.118. The maximum Gasteiger partial charge on any atom is 0.279 e. The molecule has 110 valence electrons. The van der Waals surface area contributed by atoms with Crippen LogP contribution < -0.4 is 4.90 Å². The third kappa shape index (κ3) is 2.37. The molecule has 0 atom stereocenters. The molecule has 1 aliphatic rings. The number of fused-ring (bicyclic) bond motifs is 1. The molecule has 0 spiro atoms. The van der Waals surface area contributed by atoms with E-state index in [-0.39, 0.29) is 11.7 Å². The van der Waals surface area contributed by atoms with Crippen molar-refractivity contribution in [1.82, 2.24) is 0 Å². The van der Waals surface area contributed by atoms with Crippen molar-refractivity contribution >= 4 is 23.5 Å². The topological polar surface area (TPSA) is 65.3 Å². The lowest BCUT2D eigenvalue weighted by Crippen LogP contribution is -2.29. The molecule has 1 N–H and O–H groups in total. The van der Waals surface area contributed by atoms with Gasteiger partial charge in [-0.1, -0.05) is 30.3 Å². The number of hydrogen-bond acceptors (Lipinski definition) is 4. The van der Waals surface area contributed by atoms with Crippen molar-refractivity contribution in [2.75, 3.05) is 11.4 Å². The maximum absolute atomic E-state index is 12.4. The Balaban J connectivity index is 1.95. The van der Waals surface area contributed by atoms with Crippen LogP contribution in [0.25, 0.3) is 0 Å². The first-order chi connectivity index (χ1) is 10.7. The van der Waals surface area contributed by atoms with E-state index in [4.69, 9.17) is 0 Å². The van der Waals surface area contributed by atoms with Gasteiger partial charge in [-0.3, -0.25) is 4.79 Å². The van der Waals surface area contributed by atoms with Gasteiger partial charge < -0.3 is 10.0 Å². The third-order valence-corrected chi connectivity index (χ3v) is 3.51. The summed E-state index contributed by atoms with van der Waals surface area (Å²) in [5, 5.41) is 17.7. The number of likely N-dealkylation sites (N-methyl/N-ethyl adjacent to an activating group) is 1. The molecule has 0 aromatic heterocycles. The van der Waals surface area contributed by atoms with Gasteiger partial charge in [-0.2, -0.15) is 5.10 Å². The van der Waals surface area contributed by atoms with E-state index in [1.165, 1.54) is 6.21 Å². The maximum atomic E-state index is 12.4. The first-order valence-corrected chi connectivity index (χ1v) is 7.02. The minimum atomic E-state index is -0.155. The molecule has 0 fully saturated rings. The minimum absolute atomic E-state index is 0.125. The molecule has 22 heavy (non-hydrogen) atoms. The number of rotatable bonds is 3. The molecule has 2 aromatic carbocycles. The van der Waals surface area contributed by atoms with E-state index in [1.54, 1.807) is 29.2 Å². The van der Waals surface area contributed by atoms with Crippen LogP contribution in [0.5, 0.6) is 5.75 Å². The molecule has 3 rings (SSSR count). The summed E-state index contributed by atoms with van der Waals surface area (Å²) >= 11 is 0. The molecule has 1 amide bonds. The van der Waals surface area contributed by atoms with E-state index in [0.717, 1.165) is 11.3 Å². The molecule has 1 aliphatic heterocycles. The molecule has 0 saturated heterocycles. The highest BCUT2D eigenvalue weighted by Crippen LogP contribution is 2.28. The molecular formula is C17H15N3O2. The normalized spacial score (nSPS) is 15.8. The van der Waals surface area contributed by atoms with Crippen LogP contribution in [0.2, 0.25) is 0 Å². The van der Waals surface area contributed by atoms with E-state index < -0.39 is 0 Å². The van der Waals surface area contributed by atoms with Crippen LogP contribution >= 0.6 is 0 Å². The summed E-state index contributed by atoms with van der Waals surface area (Å²) in [5.41, 5.74) is 2.51. The Morgan fingerprint density at radius 3 is 2.64 bits per heavy atom. The SMILES string of the molecule is CCN1C(=O)/C(=N/N=C/c2ccccc2O)c2ccccc21. The van der Waals surface area contributed by atoms with Gasteiger partial charge in [-0.15, -0.1) is 5.10 Å². The molecule has 0 unspecified atom stereocenters. The highest BCUT2D eigenvalue weighted by atomic mass is 16.3. The second-order valence-corrected chi connectivity index (χ2v) is 4.82. The number of nitrogens with zero attached hydrogens (tertiary/aromatic N) is 3. The molecule has 0 saturated carbocycles. The fourth-order valence-corrected chi connectivity index (χ4v) is 2.42. The van der Waals surface area contributed by atoms with Crippen LogP contribution in [-0.4, -0.2) is 29.5 Å². The van der Waals surface area contributed by atoms with Crippen LogP contribution in [0.15, 0.2) is 58.7 Å². The van der Waals surface area contributed by atoms with Gasteiger partial charge in [0, 0.05) is 17.7 Å². The lowest BCUT2D eigenvalue weighted by Gasteiger charge is -2.12. The number of phenols is 1. The summed E-state index contributed by atoms with van der Waals surface area (Å²) in [7, 11) is 0. The molecule has 0 radical (unpaired) electrons. The zero-order valence-corrected chi connectivity index (χ0v) is 12.1. The van der Waals surface area contributed by atoms with Crippen LogP contribution in [0.4, 0.5) is 5.69 Å². The molecule has 0 bridgehead atoms. The number of para-hydroxylation sites is 2. The van der Waals surface area contributed by atoms with Crippen molar-refractivity contribution in [3.63, 3.8) is 0 Å². The second kappa shape index (κ2) is 5.81. The predicted molar refractivity (Wildman–Crippen MR) is 86.7 cm³/mol. The lowest BCUT2D eigenvalue weighted by molar-refractivity contribution is -0.112. The van der Waals surface area contributed by atoms with Gasteiger partial charge in [0.05, 0.1) is 11.9 Å². The Morgan fingerprint density at radius 1 is 1.14 bits per heavy atom. The van der Waals surface area contributed by atoms with Gasteiger partial charge in [0.2, 0.25) is 0 Å². The number of amides is 1. The summed E-state index contributed by atoms with van der Waals surface area (Å²) in [6.45, 7) is 2.50. The Hall–Kier alpha value is -2.95. The van der Waals surface area contributed by atoms with Crippen molar-refractivity contribution in [2.45, 2.75) is 6.92 Å². The number of anilines is 1. The summed E-state index contributed by atoms with van der Waals surface area (Å²) in [6, 6.07) is 14.3. The number of hydrogen-bond donors (Lipinski definition) is 1. The smallest absolute Gasteiger partial charge is 0.279 e. The van der Waals surface area contributed by atoms with Gasteiger partial charge in [0.15, 0.2) is 5.71 Å². The zero-order chi connectivity index (χ0) is 15.5. The summed E-state index contributed by atoms with van der Waals surface area (Å²) in [4.78, 5) is 14.0. The zero-order valence-electron chi connectivity index (χ0n) is 12.1. The Labute approximate surface area is 128 Å². The Bertz CT molecular complexity index is 781. The van der Waals surface area contributed by atoms with E-state index in [2.05, 4.69) is 10.2 Å². The van der Waals surface area contributed by atoms with Gasteiger partial charge in [0.25, 0.3) is 5.91 Å². The van der Waals surface area contributed by atoms with E-state index in [9.17, 15) is 9.90 Å². The van der Waals surface area contributed by atoms with Crippen LogP contribution in [0, 0.1) is 0 Å². The van der Waals surface area contributed by atoms with Gasteiger partial charge in [-0.25, -0.2) is 0 Å². The van der Waals surface area contributed by atoms with Gasteiger partial charge in [0.1, 0.15) is 5.75 Å². The van der Waals surface area contributed by atoms with Crippen molar-refractivity contribution in [3.05, 3.63) is 59.7 Å². The average Bonchev–Trinajstić information content (AvgIpc) is 2.81. The molecule has 5 heteroatoms. The van der Waals surface area contributed by atoms with Crippen LogP contribution in [0.3, 0.4) is 0 Å². The van der Waals surface area contributed by atoms with E-state index >= 15 is 0 Å². The quantitative estimate of drug-likeness (QED) is 0.698. The summed E-state index contributed by atoms with van der Waals surface area (Å²) in [6.07, 6.45) is 1.44. The number of aromatic hydroxyl groups is 1. The van der Waals surface area contributed by atoms with Crippen molar-refractivity contribution in [1.29, 1.82) is 0 Å². The van der Waals surface area contributed by atoms with Crippen LogP contribution in [-0.2, 0) is 4.79 Å². The standard InChI is InChI=1S/C17H15N3O2/c1-2-20-14-9-5-4-8-13(14)16(17(20)22)19-18-11-12-7-3-6-10-15(12)21/h3-11,21H,2H2,1H3/b18-11+,19-16+. The van der Waals surface area contributed by atoms with E-state index in [1.807, 2.05) is 31.2 Å². The van der Waals surface area contributed by atoms with Crippen molar-refractivity contribution < 1.29 is 9.90 Å². The monoisotopic (exact) mass is 293 g/mol. The van der Waals surface area contributed by atoms with Crippen molar-refractivity contribution in [3.8, 4) is 5.75 Å². The Morgan fingerprint density at radius 2 is 1.86 bits per heavy atom. The van der Waals surface area contributed by atoms with Crippen LogP contribution in [0.1, 0.15) is 18.1 Å². The Kier molecular flexibility index (Phi) is 3.70. The highest BCUT2D eigenvalue weighted by molar-refractivity contribution is 6.54. The highest BCUT2D eigenvalue weighted by Gasteiger charge is 2.32. The molecule has 0 aliphatic carbocycles. The largest absolute Gasteiger partial charge is 0.507 e. The number of phenolic OH excluding ortho intramolecular Hbond substituents is 1. The predicted octanol–water partition coefficient (Wildman–Crippen LogP) is 2.58. The first-order valence-electron chi connectivity index (χ1n) is 7.02. The summed E-state index contributed by atoms with van der Waals surface area (Å²) in [5.74, 6) is -0.0297. The second-order valence-electron chi connectivity index (χ2n) is 4.82. The number of carbonyl (C=O) groups excluding carboxylic acids is 1. The molecule has 2 aromatic rings. The fourth-order valence-electron chi connectivity index (χ4n) is 2.42. The van der Waals surface area contributed by atoms with E-state index in [0.29, 0.717) is 17.8 Å². The van der Waals surface area contributed by atoms with Gasteiger partial charge in [-0.05, 0) is 25.1 Å². The third-order valence-electron chi connectivity index (χ3n) is 3.51. The minimum Gasteiger partial charge on any atom is -0.507 e. The average molecular weight is 293 g/mol. The first kappa shape index (κ1) is 14.0. The number of carbonyl (C=O) groups is 1. The van der Waals surface area contributed by atoms with Crippen molar-refractivity contribution in [2.24, 2.45) is 10.2 Å². The molecular weight excluding hydrogens is 278 g/mol.